The van der Waals surface area contributed by atoms with E-state index in [1.165, 1.54) is 25.7 Å². The SMILES string of the molecule is CCCNc1nccc(NC2CCCC(C)(C)C2)n1. The molecule has 0 saturated heterocycles. The van der Waals surface area contributed by atoms with Crippen molar-refractivity contribution in [2.75, 3.05) is 17.2 Å². The van der Waals surface area contributed by atoms with Crippen LogP contribution in [0.1, 0.15) is 52.9 Å². The van der Waals surface area contributed by atoms with Gasteiger partial charge in [-0.1, -0.05) is 27.2 Å². The van der Waals surface area contributed by atoms with Crippen molar-refractivity contribution in [3.63, 3.8) is 0 Å². The maximum atomic E-state index is 4.52. The van der Waals surface area contributed by atoms with Crippen LogP contribution in [0.3, 0.4) is 0 Å². The largest absolute Gasteiger partial charge is 0.367 e. The van der Waals surface area contributed by atoms with Crippen molar-refractivity contribution in [1.29, 1.82) is 0 Å². The van der Waals surface area contributed by atoms with E-state index in [-0.39, 0.29) is 0 Å². The molecule has 1 aromatic heterocycles. The smallest absolute Gasteiger partial charge is 0.224 e. The van der Waals surface area contributed by atoms with Crippen LogP contribution in [0.15, 0.2) is 12.3 Å². The lowest BCUT2D eigenvalue weighted by Crippen LogP contribution is -2.32. The van der Waals surface area contributed by atoms with E-state index in [0.29, 0.717) is 11.5 Å². The molecule has 4 nitrogen and oxygen atoms in total. The zero-order chi connectivity index (χ0) is 13.7. The van der Waals surface area contributed by atoms with E-state index in [1.807, 2.05) is 12.3 Å². The standard InChI is InChI=1S/C15H26N4/c1-4-9-16-14-17-10-7-13(19-14)18-12-6-5-8-15(2,3)11-12/h7,10,12H,4-6,8-9,11H2,1-3H3,(H2,16,17,18,19). The number of nitrogens with zero attached hydrogens (tertiary/aromatic N) is 2. The van der Waals surface area contributed by atoms with Gasteiger partial charge in [0.05, 0.1) is 0 Å². The lowest BCUT2D eigenvalue weighted by Gasteiger charge is -2.35. The van der Waals surface area contributed by atoms with Gasteiger partial charge in [-0.05, 0) is 37.2 Å². The number of nitrogens with one attached hydrogen (secondary N) is 2. The second-order valence-electron chi connectivity index (χ2n) is 6.29. The van der Waals surface area contributed by atoms with Crippen molar-refractivity contribution >= 4 is 11.8 Å². The summed E-state index contributed by atoms with van der Waals surface area (Å²) in [5, 5.41) is 6.79. The van der Waals surface area contributed by atoms with Crippen LogP contribution >= 0.6 is 0 Å². The Morgan fingerprint density at radius 3 is 3.00 bits per heavy atom. The molecular weight excluding hydrogens is 236 g/mol. The van der Waals surface area contributed by atoms with Crippen molar-refractivity contribution < 1.29 is 0 Å². The van der Waals surface area contributed by atoms with Gasteiger partial charge in [-0.15, -0.1) is 0 Å². The number of anilines is 2. The molecule has 0 bridgehead atoms. The molecule has 19 heavy (non-hydrogen) atoms. The first-order valence-electron chi connectivity index (χ1n) is 7.42. The fourth-order valence-electron chi connectivity index (χ4n) is 2.79. The molecule has 1 aromatic rings. The third-order valence-corrected chi connectivity index (χ3v) is 3.75. The molecular formula is C15H26N4. The van der Waals surface area contributed by atoms with Gasteiger partial charge >= 0.3 is 0 Å². The third kappa shape index (κ3) is 4.37. The number of rotatable bonds is 5. The summed E-state index contributed by atoms with van der Waals surface area (Å²) < 4.78 is 0. The van der Waals surface area contributed by atoms with E-state index in [2.05, 4.69) is 41.4 Å². The maximum absolute atomic E-state index is 4.52. The second kappa shape index (κ2) is 6.22. The Kier molecular flexibility index (Phi) is 4.61. The summed E-state index contributed by atoms with van der Waals surface area (Å²) in [7, 11) is 0. The Balaban J connectivity index is 1.94. The molecule has 0 amide bonds. The first-order valence-corrected chi connectivity index (χ1v) is 7.42. The summed E-state index contributed by atoms with van der Waals surface area (Å²) in [5.74, 6) is 1.67. The average Bonchev–Trinajstić information content (AvgIpc) is 2.35. The van der Waals surface area contributed by atoms with E-state index >= 15 is 0 Å². The van der Waals surface area contributed by atoms with Crippen LogP contribution in [-0.2, 0) is 0 Å². The van der Waals surface area contributed by atoms with Crippen LogP contribution in [0.25, 0.3) is 0 Å². The van der Waals surface area contributed by atoms with Crippen LogP contribution in [0, 0.1) is 5.41 Å². The minimum Gasteiger partial charge on any atom is -0.367 e. The van der Waals surface area contributed by atoms with E-state index < -0.39 is 0 Å². The molecule has 1 saturated carbocycles. The summed E-state index contributed by atoms with van der Waals surface area (Å²) in [6.07, 6.45) is 7.99. The van der Waals surface area contributed by atoms with Gasteiger partial charge in [-0.3, -0.25) is 0 Å². The van der Waals surface area contributed by atoms with Crippen LogP contribution in [0.4, 0.5) is 11.8 Å². The number of hydrogen-bond donors (Lipinski definition) is 2. The maximum Gasteiger partial charge on any atom is 0.224 e. The molecule has 1 aliphatic rings. The normalized spacial score (nSPS) is 21.9. The molecule has 1 unspecified atom stereocenters. The highest BCUT2D eigenvalue weighted by Crippen LogP contribution is 2.36. The average molecular weight is 262 g/mol. The number of hydrogen-bond acceptors (Lipinski definition) is 4. The van der Waals surface area contributed by atoms with Crippen molar-refractivity contribution in [2.24, 2.45) is 5.41 Å². The molecule has 2 rings (SSSR count). The molecule has 1 aliphatic carbocycles. The van der Waals surface area contributed by atoms with Crippen molar-refractivity contribution in [2.45, 2.75) is 58.9 Å². The fraction of sp³-hybridized carbons (Fsp3) is 0.733. The Morgan fingerprint density at radius 1 is 1.42 bits per heavy atom. The summed E-state index contributed by atoms with van der Waals surface area (Å²) in [6.45, 7) is 7.77. The van der Waals surface area contributed by atoms with Crippen LogP contribution in [0.2, 0.25) is 0 Å². The quantitative estimate of drug-likeness (QED) is 0.850. The predicted molar refractivity (Wildman–Crippen MR) is 80.5 cm³/mol. The highest BCUT2D eigenvalue weighted by Gasteiger charge is 2.27. The summed E-state index contributed by atoms with van der Waals surface area (Å²) in [6, 6.07) is 2.50. The summed E-state index contributed by atoms with van der Waals surface area (Å²) in [5.41, 5.74) is 0.451. The lowest BCUT2D eigenvalue weighted by atomic mass is 9.75. The van der Waals surface area contributed by atoms with Gasteiger partial charge in [0, 0.05) is 18.8 Å². The molecule has 0 aliphatic heterocycles. The van der Waals surface area contributed by atoms with Crippen LogP contribution < -0.4 is 10.6 Å². The van der Waals surface area contributed by atoms with Gasteiger partial charge in [0.2, 0.25) is 5.95 Å². The molecule has 106 valence electrons. The minimum atomic E-state index is 0.451. The Bertz CT molecular complexity index is 403. The number of aromatic nitrogens is 2. The minimum absolute atomic E-state index is 0.451. The third-order valence-electron chi connectivity index (χ3n) is 3.75. The molecule has 1 atom stereocenters. The van der Waals surface area contributed by atoms with Crippen molar-refractivity contribution in [3.05, 3.63) is 12.3 Å². The van der Waals surface area contributed by atoms with E-state index in [9.17, 15) is 0 Å². The molecule has 1 fully saturated rings. The van der Waals surface area contributed by atoms with Gasteiger partial charge in [-0.25, -0.2) is 4.98 Å². The van der Waals surface area contributed by atoms with Crippen molar-refractivity contribution in [1.82, 2.24) is 9.97 Å². The van der Waals surface area contributed by atoms with Crippen LogP contribution in [0.5, 0.6) is 0 Å². The van der Waals surface area contributed by atoms with Gasteiger partial charge in [0.25, 0.3) is 0 Å². The van der Waals surface area contributed by atoms with E-state index in [0.717, 1.165) is 24.7 Å². The predicted octanol–water partition coefficient (Wildman–Crippen LogP) is 3.68. The van der Waals surface area contributed by atoms with E-state index in [1.54, 1.807) is 0 Å². The van der Waals surface area contributed by atoms with E-state index in [4.69, 9.17) is 0 Å². The Hall–Kier alpha value is -1.32. The lowest BCUT2D eigenvalue weighted by molar-refractivity contribution is 0.229. The van der Waals surface area contributed by atoms with Gasteiger partial charge in [0.1, 0.15) is 5.82 Å². The zero-order valence-electron chi connectivity index (χ0n) is 12.4. The second-order valence-corrected chi connectivity index (χ2v) is 6.29. The Morgan fingerprint density at radius 2 is 2.26 bits per heavy atom. The van der Waals surface area contributed by atoms with Gasteiger partial charge in [-0.2, -0.15) is 4.98 Å². The molecule has 0 aromatic carbocycles. The highest BCUT2D eigenvalue weighted by molar-refractivity contribution is 5.40. The first kappa shape index (κ1) is 14.1. The fourth-order valence-corrected chi connectivity index (χ4v) is 2.79. The molecule has 2 N–H and O–H groups in total. The first-order chi connectivity index (χ1) is 9.09. The van der Waals surface area contributed by atoms with Crippen molar-refractivity contribution in [3.8, 4) is 0 Å². The highest BCUT2D eigenvalue weighted by atomic mass is 15.1. The molecule has 4 heteroatoms. The molecule has 1 heterocycles. The molecule has 0 spiro atoms. The zero-order valence-corrected chi connectivity index (χ0v) is 12.4. The van der Waals surface area contributed by atoms with Gasteiger partial charge < -0.3 is 10.6 Å². The Labute approximate surface area is 116 Å². The summed E-state index contributed by atoms with van der Waals surface area (Å²) >= 11 is 0. The van der Waals surface area contributed by atoms with Gasteiger partial charge in [0.15, 0.2) is 0 Å². The monoisotopic (exact) mass is 262 g/mol. The van der Waals surface area contributed by atoms with Crippen LogP contribution in [-0.4, -0.2) is 22.6 Å². The summed E-state index contributed by atoms with van der Waals surface area (Å²) in [4.78, 5) is 8.76. The molecule has 0 radical (unpaired) electrons. The topological polar surface area (TPSA) is 49.8 Å².